The van der Waals surface area contributed by atoms with Gasteiger partial charge in [0.2, 0.25) is 0 Å². The molecule has 2 heterocycles. The van der Waals surface area contributed by atoms with Crippen molar-refractivity contribution in [3.63, 3.8) is 0 Å². The molecule has 1 aliphatic heterocycles. The number of non-ortho nitro benzene ring substituents is 1. The van der Waals surface area contributed by atoms with E-state index in [1.54, 1.807) is 12.1 Å². The molecular formula is C20H18N6O2. The molecule has 5 rings (SSSR count). The van der Waals surface area contributed by atoms with Gasteiger partial charge in [-0.15, -0.1) is 10.2 Å². The van der Waals surface area contributed by atoms with Crippen LogP contribution in [0.25, 0.3) is 5.69 Å². The Hall–Kier alpha value is -3.39. The summed E-state index contributed by atoms with van der Waals surface area (Å²) in [5.41, 5.74) is 3.22. The van der Waals surface area contributed by atoms with Crippen molar-refractivity contribution < 1.29 is 4.92 Å². The van der Waals surface area contributed by atoms with E-state index in [-0.39, 0.29) is 10.6 Å². The average Bonchev–Trinajstić information content (AvgIpc) is 3.49. The number of aromatic nitrogens is 3. The van der Waals surface area contributed by atoms with Crippen molar-refractivity contribution in [2.75, 3.05) is 0 Å². The zero-order valence-corrected chi connectivity index (χ0v) is 15.1. The van der Waals surface area contributed by atoms with Crippen LogP contribution in [-0.2, 0) is 13.1 Å². The van der Waals surface area contributed by atoms with Crippen LogP contribution in [0.4, 0.5) is 5.69 Å². The van der Waals surface area contributed by atoms with Crippen LogP contribution in [0.1, 0.15) is 35.6 Å². The highest BCUT2D eigenvalue weighted by atomic mass is 16.6. The van der Waals surface area contributed by atoms with Crippen molar-refractivity contribution in [3.05, 3.63) is 81.4 Å². The summed E-state index contributed by atoms with van der Waals surface area (Å²) in [6.07, 6.45) is 2.37. The van der Waals surface area contributed by atoms with Gasteiger partial charge in [0, 0.05) is 29.3 Å². The predicted octanol–water partition coefficient (Wildman–Crippen LogP) is 2.78. The molecule has 1 N–H and O–H groups in total. The Morgan fingerprint density at radius 1 is 1.14 bits per heavy atom. The second kappa shape index (κ2) is 6.65. The molecule has 8 nitrogen and oxygen atoms in total. The van der Waals surface area contributed by atoms with Crippen molar-refractivity contribution >= 4 is 11.4 Å². The number of nitrogens with one attached hydrogen (secondary N) is 1. The molecule has 2 aromatic carbocycles. The van der Waals surface area contributed by atoms with Gasteiger partial charge in [-0.1, -0.05) is 30.3 Å². The summed E-state index contributed by atoms with van der Waals surface area (Å²) >= 11 is 0. The lowest BCUT2D eigenvalue weighted by atomic mass is 10.00. The van der Waals surface area contributed by atoms with Gasteiger partial charge in [-0.2, -0.15) is 0 Å². The molecule has 1 aliphatic carbocycles. The Bertz CT molecular complexity index is 1090. The first-order chi connectivity index (χ1) is 13.7. The van der Waals surface area contributed by atoms with Gasteiger partial charge in [-0.05, 0) is 18.9 Å². The smallest absolute Gasteiger partial charge is 0.270 e. The van der Waals surface area contributed by atoms with Crippen LogP contribution in [0.5, 0.6) is 0 Å². The second-order valence-corrected chi connectivity index (χ2v) is 7.01. The summed E-state index contributed by atoms with van der Waals surface area (Å²) in [7, 11) is 0. The Morgan fingerprint density at radius 3 is 2.71 bits per heavy atom. The highest BCUT2D eigenvalue weighted by molar-refractivity contribution is 6.15. The monoisotopic (exact) mass is 374 g/mol. The number of aliphatic imine (C=N–C) groups is 1. The quantitative estimate of drug-likeness (QED) is 0.547. The van der Waals surface area contributed by atoms with E-state index >= 15 is 0 Å². The second-order valence-electron chi connectivity index (χ2n) is 7.01. The first kappa shape index (κ1) is 16.8. The molecule has 8 heteroatoms. The molecular weight excluding hydrogens is 356 g/mol. The minimum absolute atomic E-state index is 0.0385. The number of hydrogen-bond acceptors (Lipinski definition) is 6. The van der Waals surface area contributed by atoms with E-state index in [2.05, 4.69) is 15.5 Å². The fourth-order valence-corrected chi connectivity index (χ4v) is 3.47. The number of rotatable bonds is 5. The van der Waals surface area contributed by atoms with Crippen molar-refractivity contribution in [3.8, 4) is 5.69 Å². The van der Waals surface area contributed by atoms with Gasteiger partial charge >= 0.3 is 0 Å². The van der Waals surface area contributed by atoms with Crippen molar-refractivity contribution in [1.29, 1.82) is 0 Å². The molecule has 0 atom stereocenters. The van der Waals surface area contributed by atoms with E-state index in [9.17, 15) is 10.1 Å². The van der Waals surface area contributed by atoms with E-state index in [0.29, 0.717) is 24.7 Å². The Morgan fingerprint density at radius 2 is 1.96 bits per heavy atom. The third kappa shape index (κ3) is 2.97. The molecule has 0 unspecified atom stereocenters. The molecule has 0 radical (unpaired) electrons. The fourth-order valence-electron chi connectivity index (χ4n) is 3.47. The summed E-state index contributed by atoms with van der Waals surface area (Å²) in [6, 6.07) is 15.2. The van der Waals surface area contributed by atoms with E-state index in [4.69, 9.17) is 4.99 Å². The Labute approximate surface area is 161 Å². The van der Waals surface area contributed by atoms with Crippen LogP contribution >= 0.6 is 0 Å². The summed E-state index contributed by atoms with van der Waals surface area (Å²) in [5, 5.41) is 23.5. The lowest BCUT2D eigenvalue weighted by Crippen LogP contribution is -2.19. The highest BCUT2D eigenvalue weighted by Gasteiger charge is 2.26. The van der Waals surface area contributed by atoms with Gasteiger partial charge in [0.1, 0.15) is 6.54 Å². The van der Waals surface area contributed by atoms with Gasteiger partial charge < -0.3 is 5.32 Å². The summed E-state index contributed by atoms with van der Waals surface area (Å²) in [5.74, 6) is 1.52. The van der Waals surface area contributed by atoms with E-state index in [0.717, 1.165) is 28.6 Å². The lowest BCUT2D eigenvalue weighted by Gasteiger charge is -2.13. The predicted molar refractivity (Wildman–Crippen MR) is 104 cm³/mol. The van der Waals surface area contributed by atoms with Crippen LogP contribution in [-0.4, -0.2) is 31.4 Å². The van der Waals surface area contributed by atoms with E-state index in [1.807, 2.05) is 34.9 Å². The van der Waals surface area contributed by atoms with Crippen LogP contribution in [0.3, 0.4) is 0 Å². The molecule has 1 saturated carbocycles. The molecule has 1 aromatic heterocycles. The molecule has 1 fully saturated rings. The number of nitrogens with zero attached hydrogens (tertiary/aromatic N) is 5. The maximum Gasteiger partial charge on any atom is 0.270 e. The van der Waals surface area contributed by atoms with Crippen LogP contribution in [0, 0.1) is 10.1 Å². The van der Waals surface area contributed by atoms with Gasteiger partial charge in [-0.3, -0.25) is 19.7 Å². The van der Waals surface area contributed by atoms with Crippen molar-refractivity contribution in [1.82, 2.24) is 20.1 Å². The SMILES string of the molecule is O=[N+]([O-])c1ccc2c(c1)C(c1ccccc1)=NCc1nnc(CNC3CC3)n1-2. The molecule has 0 bridgehead atoms. The van der Waals surface area contributed by atoms with Crippen LogP contribution in [0.15, 0.2) is 53.5 Å². The van der Waals surface area contributed by atoms with E-state index < -0.39 is 0 Å². The highest BCUT2D eigenvalue weighted by Crippen LogP contribution is 2.29. The van der Waals surface area contributed by atoms with Gasteiger partial charge in [-0.25, -0.2) is 0 Å². The zero-order valence-electron chi connectivity index (χ0n) is 15.1. The van der Waals surface area contributed by atoms with Gasteiger partial charge in [0.15, 0.2) is 11.6 Å². The molecule has 140 valence electrons. The number of nitro benzene ring substituents is 1. The number of nitro groups is 1. The third-order valence-corrected chi connectivity index (χ3v) is 5.04. The largest absolute Gasteiger partial charge is 0.307 e. The van der Waals surface area contributed by atoms with E-state index in [1.165, 1.54) is 18.9 Å². The Balaban J connectivity index is 1.67. The summed E-state index contributed by atoms with van der Waals surface area (Å²) in [6.45, 7) is 0.970. The Kier molecular flexibility index (Phi) is 3.98. The van der Waals surface area contributed by atoms with Crippen LogP contribution < -0.4 is 5.32 Å². The van der Waals surface area contributed by atoms with Gasteiger partial charge in [0.25, 0.3) is 5.69 Å². The molecule has 0 saturated heterocycles. The molecule has 0 spiro atoms. The number of benzene rings is 2. The summed E-state index contributed by atoms with van der Waals surface area (Å²) < 4.78 is 1.98. The normalized spacial score (nSPS) is 15.4. The number of hydrogen-bond donors (Lipinski definition) is 1. The third-order valence-electron chi connectivity index (χ3n) is 5.04. The average molecular weight is 374 g/mol. The fraction of sp³-hybridized carbons (Fsp3) is 0.250. The molecule has 3 aromatic rings. The maximum absolute atomic E-state index is 11.4. The van der Waals surface area contributed by atoms with Gasteiger partial charge in [0.05, 0.1) is 22.9 Å². The van der Waals surface area contributed by atoms with Crippen LogP contribution in [0.2, 0.25) is 0 Å². The van der Waals surface area contributed by atoms with Crippen molar-refractivity contribution in [2.45, 2.75) is 32.0 Å². The first-order valence-corrected chi connectivity index (χ1v) is 9.26. The maximum atomic E-state index is 11.4. The zero-order chi connectivity index (χ0) is 19.1. The molecule has 0 amide bonds. The molecule has 28 heavy (non-hydrogen) atoms. The molecule has 2 aliphatic rings. The minimum Gasteiger partial charge on any atom is -0.307 e. The van der Waals surface area contributed by atoms with Crippen molar-refractivity contribution in [2.24, 2.45) is 4.99 Å². The lowest BCUT2D eigenvalue weighted by molar-refractivity contribution is -0.384. The first-order valence-electron chi connectivity index (χ1n) is 9.26. The summed E-state index contributed by atoms with van der Waals surface area (Å²) in [4.78, 5) is 15.8. The minimum atomic E-state index is -0.379. The topological polar surface area (TPSA) is 98.2 Å². The number of fused-ring (bicyclic) bond motifs is 3. The standard InChI is InChI=1S/C20H18N6O2/c27-26(28)15-8-9-17-16(10-15)20(13-4-2-1-3-5-13)22-12-19-24-23-18(25(17)19)11-21-14-6-7-14/h1-5,8-10,14,21H,6-7,11-12H2.